The first-order chi connectivity index (χ1) is 11.9. The van der Waals surface area contributed by atoms with Crippen LogP contribution < -0.4 is 14.4 Å². The van der Waals surface area contributed by atoms with E-state index in [1.54, 1.807) is 36.0 Å². The van der Waals surface area contributed by atoms with Gasteiger partial charge in [-0.2, -0.15) is 11.8 Å². The fraction of sp³-hybridized carbons (Fsp3) is 0.611. The molecular weight excluding hydrogens is 372 g/mol. The third-order valence-corrected chi connectivity index (χ3v) is 5.54. The van der Waals surface area contributed by atoms with Crippen molar-refractivity contribution in [3.63, 3.8) is 0 Å². The van der Waals surface area contributed by atoms with Crippen LogP contribution in [-0.2, 0) is 14.8 Å². The molecular formula is C18H30N2O4S2. The third kappa shape index (κ3) is 8.80. The van der Waals surface area contributed by atoms with Gasteiger partial charge in [-0.05, 0) is 26.0 Å². The van der Waals surface area contributed by atoms with E-state index in [4.69, 9.17) is 4.74 Å². The van der Waals surface area contributed by atoms with Gasteiger partial charge in [0.05, 0.1) is 18.0 Å². The molecule has 1 aromatic rings. The summed E-state index contributed by atoms with van der Waals surface area (Å²) in [5.74, 6) is 1.000. The largest absolute Gasteiger partial charge is 0.491 e. The summed E-state index contributed by atoms with van der Waals surface area (Å²) < 4.78 is 31.2. The predicted molar refractivity (Wildman–Crippen MR) is 110 cm³/mol. The number of hydrogen-bond acceptors (Lipinski definition) is 5. The van der Waals surface area contributed by atoms with Gasteiger partial charge in [0, 0.05) is 23.1 Å². The van der Waals surface area contributed by atoms with Crippen LogP contribution >= 0.6 is 11.8 Å². The molecule has 0 unspecified atom stereocenters. The van der Waals surface area contributed by atoms with Gasteiger partial charge in [0.25, 0.3) is 0 Å². The van der Waals surface area contributed by atoms with Crippen molar-refractivity contribution in [3.05, 3.63) is 24.3 Å². The standard InChI is InChI=1S/C18H30N2O4S2/c1-14(2)24-16-9-7-8-15(12-16)20(26(6,22)23)13-17(21)19-10-11-25-18(3,4)5/h7-9,12,14H,10-11,13H2,1-6H3,(H,19,21). The minimum atomic E-state index is -3.60. The zero-order chi connectivity index (χ0) is 20.0. The highest BCUT2D eigenvalue weighted by Gasteiger charge is 2.21. The van der Waals surface area contributed by atoms with E-state index in [2.05, 4.69) is 26.1 Å². The third-order valence-electron chi connectivity index (χ3n) is 3.12. The lowest BCUT2D eigenvalue weighted by Gasteiger charge is -2.23. The molecule has 0 spiro atoms. The summed E-state index contributed by atoms with van der Waals surface area (Å²) in [5.41, 5.74) is 0.407. The van der Waals surface area contributed by atoms with Crippen LogP contribution in [0.3, 0.4) is 0 Å². The van der Waals surface area contributed by atoms with Crippen LogP contribution in [0.1, 0.15) is 34.6 Å². The van der Waals surface area contributed by atoms with Gasteiger partial charge in [-0.15, -0.1) is 0 Å². The SMILES string of the molecule is CC(C)Oc1cccc(N(CC(=O)NCCSC(C)(C)C)S(C)(=O)=O)c1. The predicted octanol–water partition coefficient (Wildman–Crippen LogP) is 2.89. The smallest absolute Gasteiger partial charge is 0.240 e. The molecule has 1 aromatic carbocycles. The first-order valence-electron chi connectivity index (χ1n) is 8.53. The monoisotopic (exact) mass is 402 g/mol. The fourth-order valence-corrected chi connectivity index (χ4v) is 3.78. The topological polar surface area (TPSA) is 75.7 Å². The number of benzene rings is 1. The van der Waals surface area contributed by atoms with Gasteiger partial charge in [0.15, 0.2) is 0 Å². The normalized spacial score (nSPS) is 12.1. The number of nitrogens with one attached hydrogen (secondary N) is 1. The van der Waals surface area contributed by atoms with Crippen molar-refractivity contribution < 1.29 is 17.9 Å². The Kier molecular flexibility index (Phi) is 8.27. The van der Waals surface area contributed by atoms with Gasteiger partial charge in [0.1, 0.15) is 12.3 Å². The zero-order valence-corrected chi connectivity index (χ0v) is 18.0. The Labute approximate surface area is 161 Å². The van der Waals surface area contributed by atoms with Gasteiger partial charge in [-0.1, -0.05) is 26.8 Å². The van der Waals surface area contributed by atoms with Crippen molar-refractivity contribution in [1.82, 2.24) is 5.32 Å². The maximum absolute atomic E-state index is 12.2. The molecule has 0 aliphatic carbocycles. The van der Waals surface area contributed by atoms with Crippen LogP contribution in [0.25, 0.3) is 0 Å². The molecule has 148 valence electrons. The van der Waals surface area contributed by atoms with E-state index in [0.717, 1.165) is 16.3 Å². The van der Waals surface area contributed by atoms with Crippen LogP contribution in [0.2, 0.25) is 0 Å². The molecule has 0 heterocycles. The van der Waals surface area contributed by atoms with Gasteiger partial charge >= 0.3 is 0 Å². The van der Waals surface area contributed by atoms with Crippen molar-refractivity contribution in [2.45, 2.75) is 45.5 Å². The minimum absolute atomic E-state index is 0.0273. The van der Waals surface area contributed by atoms with Gasteiger partial charge in [-0.25, -0.2) is 8.42 Å². The summed E-state index contributed by atoms with van der Waals surface area (Å²) in [6, 6.07) is 6.75. The van der Waals surface area contributed by atoms with Crippen molar-refractivity contribution >= 4 is 33.4 Å². The first-order valence-corrected chi connectivity index (χ1v) is 11.4. The van der Waals surface area contributed by atoms with Gasteiger partial charge in [-0.3, -0.25) is 9.10 Å². The molecule has 0 bridgehead atoms. The molecule has 0 radical (unpaired) electrons. The van der Waals surface area contributed by atoms with Crippen LogP contribution in [-0.4, -0.2) is 50.3 Å². The number of carbonyl (C=O) groups excluding carboxylic acids is 1. The second-order valence-corrected chi connectivity index (χ2v) is 11.1. The number of amides is 1. The van der Waals surface area contributed by atoms with E-state index < -0.39 is 10.0 Å². The summed E-state index contributed by atoms with van der Waals surface area (Å²) in [7, 11) is -3.60. The summed E-state index contributed by atoms with van der Waals surface area (Å²) in [4.78, 5) is 12.2. The van der Waals surface area contributed by atoms with E-state index in [1.165, 1.54) is 0 Å². The number of thioether (sulfide) groups is 1. The second kappa shape index (κ2) is 9.50. The van der Waals surface area contributed by atoms with Crippen molar-refractivity contribution in [3.8, 4) is 5.75 Å². The number of rotatable bonds is 9. The first kappa shape index (κ1) is 22.6. The Morgan fingerprint density at radius 1 is 1.31 bits per heavy atom. The highest BCUT2D eigenvalue weighted by molar-refractivity contribution is 8.00. The number of anilines is 1. The van der Waals surface area contributed by atoms with E-state index in [1.807, 2.05) is 13.8 Å². The Balaban J connectivity index is 2.78. The molecule has 0 atom stereocenters. The average molecular weight is 403 g/mol. The molecule has 26 heavy (non-hydrogen) atoms. The van der Waals surface area contributed by atoms with Gasteiger partial charge < -0.3 is 10.1 Å². The van der Waals surface area contributed by atoms with Crippen LogP contribution in [0, 0.1) is 0 Å². The lowest BCUT2D eigenvalue weighted by Crippen LogP contribution is -2.41. The molecule has 0 aliphatic rings. The highest BCUT2D eigenvalue weighted by atomic mass is 32.2. The maximum Gasteiger partial charge on any atom is 0.240 e. The number of nitrogens with zero attached hydrogens (tertiary/aromatic N) is 1. The van der Waals surface area contributed by atoms with Crippen molar-refractivity contribution in [2.24, 2.45) is 0 Å². The quantitative estimate of drug-likeness (QED) is 0.643. The van der Waals surface area contributed by atoms with E-state index >= 15 is 0 Å². The molecule has 1 N–H and O–H groups in total. The fourth-order valence-electron chi connectivity index (χ4n) is 2.12. The summed E-state index contributed by atoms with van der Waals surface area (Å²) in [5, 5.41) is 2.78. The molecule has 6 nitrogen and oxygen atoms in total. The molecule has 0 aliphatic heterocycles. The number of ether oxygens (including phenoxy) is 1. The van der Waals surface area contributed by atoms with Crippen molar-refractivity contribution in [2.75, 3.05) is 29.4 Å². The molecule has 8 heteroatoms. The molecule has 0 saturated heterocycles. The number of hydrogen-bond donors (Lipinski definition) is 1. The Morgan fingerprint density at radius 2 is 1.96 bits per heavy atom. The van der Waals surface area contributed by atoms with Crippen LogP contribution in [0.15, 0.2) is 24.3 Å². The summed E-state index contributed by atoms with van der Waals surface area (Å²) in [6.45, 7) is 10.3. The lowest BCUT2D eigenvalue weighted by molar-refractivity contribution is -0.119. The molecule has 0 fully saturated rings. The molecule has 0 saturated carbocycles. The Hall–Kier alpha value is -1.41. The number of sulfonamides is 1. The molecule has 1 amide bonds. The highest BCUT2D eigenvalue weighted by Crippen LogP contribution is 2.24. The number of carbonyl (C=O) groups is 1. The lowest BCUT2D eigenvalue weighted by atomic mass is 10.3. The molecule has 1 rings (SSSR count). The Morgan fingerprint density at radius 3 is 2.50 bits per heavy atom. The second-order valence-electron chi connectivity index (χ2n) is 7.24. The molecule has 0 aromatic heterocycles. The summed E-state index contributed by atoms with van der Waals surface area (Å²) >= 11 is 1.74. The maximum atomic E-state index is 12.2. The van der Waals surface area contributed by atoms with E-state index in [0.29, 0.717) is 18.0 Å². The minimum Gasteiger partial charge on any atom is -0.491 e. The summed E-state index contributed by atoms with van der Waals surface area (Å²) in [6.07, 6.45) is 1.06. The van der Waals surface area contributed by atoms with Crippen LogP contribution in [0.4, 0.5) is 5.69 Å². The Bertz CT molecular complexity index is 697. The van der Waals surface area contributed by atoms with Gasteiger partial charge in [0.2, 0.25) is 15.9 Å². The van der Waals surface area contributed by atoms with Crippen LogP contribution in [0.5, 0.6) is 5.75 Å². The van der Waals surface area contributed by atoms with Crippen molar-refractivity contribution in [1.29, 1.82) is 0 Å². The van der Waals surface area contributed by atoms with E-state index in [9.17, 15) is 13.2 Å². The zero-order valence-electron chi connectivity index (χ0n) is 16.4. The van der Waals surface area contributed by atoms with E-state index in [-0.39, 0.29) is 23.3 Å². The average Bonchev–Trinajstić information content (AvgIpc) is 2.46.